The number of H-pyrrole nitrogens is 1. The molecule has 0 aliphatic carbocycles. The largest absolute Gasteiger partial charge is 0.419 e. The van der Waals surface area contributed by atoms with Crippen molar-refractivity contribution in [3.8, 4) is 11.1 Å². The monoisotopic (exact) mass is 310 g/mol. The Hall–Kier alpha value is -2.57. The van der Waals surface area contributed by atoms with Gasteiger partial charge in [-0.15, -0.1) is 0 Å². The molecule has 0 amide bonds. The Morgan fingerprint density at radius 1 is 1.18 bits per heavy atom. The molecule has 7 heteroatoms. The van der Waals surface area contributed by atoms with Crippen LogP contribution in [-0.2, 0) is 6.18 Å². The van der Waals surface area contributed by atoms with Gasteiger partial charge in [0.05, 0.1) is 5.56 Å². The number of aryl methyl sites for hydroxylation is 1. The van der Waals surface area contributed by atoms with E-state index in [1.807, 2.05) is 0 Å². The van der Waals surface area contributed by atoms with Crippen LogP contribution in [0.4, 0.5) is 17.6 Å². The number of benzene rings is 1. The molecule has 0 fully saturated rings. The minimum Gasteiger partial charge on any atom is -0.326 e. The second kappa shape index (κ2) is 4.72. The van der Waals surface area contributed by atoms with Crippen LogP contribution in [-0.4, -0.2) is 9.38 Å². The van der Waals surface area contributed by atoms with Crippen LogP contribution in [0.5, 0.6) is 0 Å². The van der Waals surface area contributed by atoms with Gasteiger partial charge in [-0.2, -0.15) is 13.2 Å². The highest BCUT2D eigenvalue weighted by molar-refractivity contribution is 5.81. The number of nitrogens with zero attached hydrogens (tertiary/aromatic N) is 1. The van der Waals surface area contributed by atoms with Crippen molar-refractivity contribution in [3.05, 3.63) is 64.1 Å². The summed E-state index contributed by atoms with van der Waals surface area (Å²) in [7, 11) is 0. The zero-order chi connectivity index (χ0) is 16.1. The standard InChI is InChI=1S/C15H10F4N2O/c1-8-7-20-14(22)13-10(4-5-21(8)13)9-2-3-12(16)11(6-9)15(17,18)19/h2-7H,1H3,(H,20,22). The molecule has 2 aromatic heterocycles. The van der Waals surface area contributed by atoms with E-state index in [9.17, 15) is 22.4 Å². The molecule has 3 rings (SSSR count). The molecular formula is C15H10F4N2O. The van der Waals surface area contributed by atoms with Crippen LogP contribution in [0.3, 0.4) is 0 Å². The summed E-state index contributed by atoms with van der Waals surface area (Å²) in [6.07, 6.45) is -1.70. The van der Waals surface area contributed by atoms with E-state index in [0.29, 0.717) is 11.6 Å². The lowest BCUT2D eigenvalue weighted by atomic mass is 10.0. The topological polar surface area (TPSA) is 37.3 Å². The van der Waals surface area contributed by atoms with Crippen molar-refractivity contribution in [1.29, 1.82) is 0 Å². The van der Waals surface area contributed by atoms with Crippen LogP contribution in [0.1, 0.15) is 11.3 Å². The summed E-state index contributed by atoms with van der Waals surface area (Å²) in [4.78, 5) is 14.5. The van der Waals surface area contributed by atoms with E-state index in [4.69, 9.17) is 0 Å². The van der Waals surface area contributed by atoms with Crippen molar-refractivity contribution in [2.45, 2.75) is 13.1 Å². The lowest BCUT2D eigenvalue weighted by Gasteiger charge is -2.10. The quantitative estimate of drug-likeness (QED) is 0.683. The second-order valence-corrected chi connectivity index (χ2v) is 4.90. The maximum Gasteiger partial charge on any atom is 0.419 e. The molecule has 0 spiro atoms. The number of aromatic amines is 1. The van der Waals surface area contributed by atoms with Gasteiger partial charge in [0.1, 0.15) is 11.3 Å². The van der Waals surface area contributed by atoms with Crippen molar-refractivity contribution < 1.29 is 17.6 Å². The fraction of sp³-hybridized carbons (Fsp3) is 0.133. The molecule has 22 heavy (non-hydrogen) atoms. The van der Waals surface area contributed by atoms with E-state index in [1.165, 1.54) is 18.3 Å². The molecule has 0 radical (unpaired) electrons. The van der Waals surface area contributed by atoms with Gasteiger partial charge in [-0.05, 0) is 30.7 Å². The number of halogens is 4. The SMILES string of the molecule is Cc1c[nH]c(=O)c2c(-c3ccc(F)c(C(F)(F)F)c3)ccn12. The molecule has 0 saturated heterocycles. The van der Waals surface area contributed by atoms with Crippen molar-refractivity contribution in [3.63, 3.8) is 0 Å². The van der Waals surface area contributed by atoms with E-state index < -0.39 is 23.1 Å². The molecule has 114 valence electrons. The average molecular weight is 310 g/mol. The number of hydrogen-bond acceptors (Lipinski definition) is 1. The van der Waals surface area contributed by atoms with Crippen LogP contribution in [0.2, 0.25) is 0 Å². The van der Waals surface area contributed by atoms with Gasteiger partial charge in [-0.25, -0.2) is 4.39 Å². The van der Waals surface area contributed by atoms with Gasteiger partial charge in [-0.3, -0.25) is 4.79 Å². The molecule has 0 unspecified atom stereocenters. The highest BCUT2D eigenvalue weighted by Gasteiger charge is 2.34. The summed E-state index contributed by atoms with van der Waals surface area (Å²) >= 11 is 0. The molecule has 0 aliphatic heterocycles. The molecule has 3 nitrogen and oxygen atoms in total. The van der Waals surface area contributed by atoms with E-state index in [2.05, 4.69) is 4.98 Å². The lowest BCUT2D eigenvalue weighted by Crippen LogP contribution is -2.11. The van der Waals surface area contributed by atoms with E-state index >= 15 is 0 Å². The zero-order valence-corrected chi connectivity index (χ0v) is 11.3. The molecule has 1 N–H and O–H groups in total. The van der Waals surface area contributed by atoms with Gasteiger partial charge < -0.3 is 9.38 Å². The maximum absolute atomic E-state index is 13.4. The predicted octanol–water partition coefficient (Wildman–Crippen LogP) is 3.76. The Morgan fingerprint density at radius 3 is 2.59 bits per heavy atom. The van der Waals surface area contributed by atoms with Crippen molar-refractivity contribution in [2.75, 3.05) is 0 Å². The molecule has 3 aromatic rings. The fourth-order valence-corrected chi connectivity index (χ4v) is 2.41. The number of nitrogens with one attached hydrogen (secondary N) is 1. The molecule has 1 aromatic carbocycles. The molecular weight excluding hydrogens is 300 g/mol. The van der Waals surface area contributed by atoms with Crippen LogP contribution in [0.15, 0.2) is 41.5 Å². The Morgan fingerprint density at radius 2 is 1.91 bits per heavy atom. The number of alkyl halides is 3. The van der Waals surface area contributed by atoms with Crippen molar-refractivity contribution in [2.24, 2.45) is 0 Å². The summed E-state index contributed by atoms with van der Waals surface area (Å²) in [5.41, 5.74) is -0.390. The predicted molar refractivity (Wildman–Crippen MR) is 73.2 cm³/mol. The molecule has 0 saturated carbocycles. The first-order valence-electron chi connectivity index (χ1n) is 6.35. The summed E-state index contributed by atoms with van der Waals surface area (Å²) in [6.45, 7) is 1.75. The highest BCUT2D eigenvalue weighted by Crippen LogP contribution is 2.35. The van der Waals surface area contributed by atoms with Crippen LogP contribution >= 0.6 is 0 Å². The lowest BCUT2D eigenvalue weighted by molar-refractivity contribution is -0.139. The Bertz CT molecular complexity index is 921. The van der Waals surface area contributed by atoms with Gasteiger partial charge >= 0.3 is 6.18 Å². The van der Waals surface area contributed by atoms with Crippen LogP contribution in [0, 0.1) is 12.7 Å². The molecule has 0 bridgehead atoms. The summed E-state index contributed by atoms with van der Waals surface area (Å²) in [5, 5.41) is 0. The summed E-state index contributed by atoms with van der Waals surface area (Å²) in [6, 6.07) is 4.23. The minimum atomic E-state index is -4.79. The highest BCUT2D eigenvalue weighted by atomic mass is 19.4. The number of fused-ring (bicyclic) bond motifs is 1. The van der Waals surface area contributed by atoms with E-state index in [0.717, 1.165) is 11.8 Å². The normalized spacial score (nSPS) is 12.0. The van der Waals surface area contributed by atoms with Gasteiger partial charge in [0.2, 0.25) is 0 Å². The summed E-state index contributed by atoms with van der Waals surface area (Å²) < 4.78 is 53.4. The first-order chi connectivity index (χ1) is 10.3. The van der Waals surface area contributed by atoms with Crippen molar-refractivity contribution in [1.82, 2.24) is 9.38 Å². The first-order valence-corrected chi connectivity index (χ1v) is 6.35. The van der Waals surface area contributed by atoms with Crippen LogP contribution in [0.25, 0.3) is 16.6 Å². The van der Waals surface area contributed by atoms with E-state index in [1.54, 1.807) is 17.5 Å². The maximum atomic E-state index is 13.4. The number of aromatic nitrogens is 2. The molecule has 0 aliphatic rings. The Kier molecular flexibility index (Phi) is 3.09. The van der Waals surface area contributed by atoms with E-state index in [-0.39, 0.29) is 11.1 Å². The van der Waals surface area contributed by atoms with Gasteiger partial charge in [0.15, 0.2) is 0 Å². The third-order valence-electron chi connectivity index (χ3n) is 3.48. The number of hydrogen-bond donors (Lipinski definition) is 1. The third kappa shape index (κ3) is 2.18. The van der Waals surface area contributed by atoms with Gasteiger partial charge in [0.25, 0.3) is 5.56 Å². The van der Waals surface area contributed by atoms with Gasteiger partial charge in [0, 0.05) is 23.7 Å². The number of rotatable bonds is 1. The fourth-order valence-electron chi connectivity index (χ4n) is 2.41. The third-order valence-corrected chi connectivity index (χ3v) is 3.48. The average Bonchev–Trinajstić information content (AvgIpc) is 2.88. The Labute approximate surface area is 121 Å². The second-order valence-electron chi connectivity index (χ2n) is 4.90. The first kappa shape index (κ1) is 14.4. The summed E-state index contributed by atoms with van der Waals surface area (Å²) in [5.74, 6) is -1.34. The van der Waals surface area contributed by atoms with Gasteiger partial charge in [-0.1, -0.05) is 6.07 Å². The Balaban J connectivity index is 2.30. The zero-order valence-electron chi connectivity index (χ0n) is 11.3. The molecule has 2 heterocycles. The minimum absolute atomic E-state index is 0.132. The molecule has 0 atom stereocenters. The van der Waals surface area contributed by atoms with Crippen LogP contribution < -0.4 is 5.56 Å². The smallest absolute Gasteiger partial charge is 0.326 e. The van der Waals surface area contributed by atoms with Crippen molar-refractivity contribution >= 4 is 5.52 Å².